The molecule has 2 rings (SSSR count). The summed E-state index contributed by atoms with van der Waals surface area (Å²) in [5.74, 6) is -0.729. The molecule has 1 amide bonds. The number of para-hydroxylation sites is 1. The second-order valence-electron chi connectivity index (χ2n) is 4.51. The number of amides is 1. The molecule has 0 atom stereocenters. The SMILES string of the molecule is CC(=O)c1ccccc1NC(=O)CSc1ccc(F)c(Cl)c1. The number of anilines is 1. The van der Waals surface area contributed by atoms with Crippen LogP contribution in [0.2, 0.25) is 5.02 Å². The molecule has 3 nitrogen and oxygen atoms in total. The molecular formula is C16H13ClFNO2S. The van der Waals surface area contributed by atoms with E-state index in [1.54, 1.807) is 30.3 Å². The predicted octanol–water partition coefficient (Wildman–Crippen LogP) is 4.41. The van der Waals surface area contributed by atoms with Crippen molar-refractivity contribution >= 4 is 40.7 Å². The van der Waals surface area contributed by atoms with Gasteiger partial charge in [-0.2, -0.15) is 0 Å². The molecule has 22 heavy (non-hydrogen) atoms. The highest BCUT2D eigenvalue weighted by Crippen LogP contribution is 2.24. The summed E-state index contributed by atoms with van der Waals surface area (Å²) in [5.41, 5.74) is 0.948. The fourth-order valence-corrected chi connectivity index (χ4v) is 2.78. The van der Waals surface area contributed by atoms with Crippen LogP contribution in [0, 0.1) is 5.82 Å². The quantitative estimate of drug-likeness (QED) is 0.649. The first-order valence-electron chi connectivity index (χ1n) is 6.45. The third kappa shape index (κ3) is 4.32. The van der Waals surface area contributed by atoms with E-state index in [1.807, 2.05) is 0 Å². The minimum atomic E-state index is -0.495. The number of hydrogen-bond acceptors (Lipinski definition) is 3. The molecule has 0 heterocycles. The third-order valence-corrected chi connectivity index (χ3v) is 4.12. The Bertz CT molecular complexity index is 721. The molecule has 0 spiro atoms. The molecular weight excluding hydrogens is 325 g/mol. The van der Waals surface area contributed by atoms with Crippen LogP contribution in [-0.2, 0) is 4.79 Å². The monoisotopic (exact) mass is 337 g/mol. The Morgan fingerprint density at radius 3 is 2.64 bits per heavy atom. The molecule has 0 unspecified atom stereocenters. The van der Waals surface area contributed by atoms with Crippen molar-refractivity contribution in [2.24, 2.45) is 0 Å². The van der Waals surface area contributed by atoms with Crippen molar-refractivity contribution < 1.29 is 14.0 Å². The Morgan fingerprint density at radius 1 is 1.23 bits per heavy atom. The summed E-state index contributed by atoms with van der Waals surface area (Å²) in [7, 11) is 0. The summed E-state index contributed by atoms with van der Waals surface area (Å²) in [5, 5.41) is 2.72. The lowest BCUT2D eigenvalue weighted by Crippen LogP contribution is -2.16. The van der Waals surface area contributed by atoms with Crippen molar-refractivity contribution in [3.05, 3.63) is 58.9 Å². The van der Waals surface area contributed by atoms with Crippen LogP contribution in [0.4, 0.5) is 10.1 Å². The van der Waals surface area contributed by atoms with Crippen molar-refractivity contribution in [2.45, 2.75) is 11.8 Å². The summed E-state index contributed by atoms with van der Waals surface area (Å²) >= 11 is 6.92. The Kier molecular flexibility index (Phi) is 5.57. The topological polar surface area (TPSA) is 46.2 Å². The number of carbonyl (C=O) groups is 2. The van der Waals surface area contributed by atoms with Gasteiger partial charge in [0.15, 0.2) is 5.78 Å². The number of rotatable bonds is 5. The van der Waals surface area contributed by atoms with Crippen LogP contribution in [0.15, 0.2) is 47.4 Å². The molecule has 0 saturated heterocycles. The Hall–Kier alpha value is -1.85. The number of ketones is 1. The molecule has 2 aromatic rings. The van der Waals surface area contributed by atoms with E-state index >= 15 is 0 Å². The first-order chi connectivity index (χ1) is 10.5. The van der Waals surface area contributed by atoms with Gasteiger partial charge in [-0.25, -0.2) is 4.39 Å². The average Bonchev–Trinajstić information content (AvgIpc) is 2.49. The first kappa shape index (κ1) is 16.5. The average molecular weight is 338 g/mol. The summed E-state index contributed by atoms with van der Waals surface area (Å²) in [4.78, 5) is 24.1. The molecule has 0 aromatic heterocycles. The van der Waals surface area contributed by atoms with E-state index in [0.717, 1.165) is 0 Å². The zero-order chi connectivity index (χ0) is 16.1. The highest BCUT2D eigenvalue weighted by Gasteiger charge is 2.10. The molecule has 0 radical (unpaired) electrons. The Balaban J connectivity index is 1.99. The molecule has 0 aliphatic rings. The van der Waals surface area contributed by atoms with E-state index in [9.17, 15) is 14.0 Å². The summed E-state index contributed by atoms with van der Waals surface area (Å²) in [6.07, 6.45) is 0. The van der Waals surface area contributed by atoms with Gasteiger partial charge in [0.25, 0.3) is 0 Å². The maximum Gasteiger partial charge on any atom is 0.234 e. The summed E-state index contributed by atoms with van der Waals surface area (Å²) in [6.45, 7) is 1.44. The highest BCUT2D eigenvalue weighted by atomic mass is 35.5. The van der Waals surface area contributed by atoms with Gasteiger partial charge < -0.3 is 5.32 Å². The lowest BCUT2D eigenvalue weighted by molar-refractivity contribution is -0.113. The molecule has 114 valence electrons. The van der Waals surface area contributed by atoms with Crippen LogP contribution in [0.5, 0.6) is 0 Å². The normalized spacial score (nSPS) is 10.3. The molecule has 0 aliphatic carbocycles. The first-order valence-corrected chi connectivity index (χ1v) is 7.81. The van der Waals surface area contributed by atoms with E-state index in [4.69, 9.17) is 11.6 Å². The van der Waals surface area contributed by atoms with Crippen molar-refractivity contribution in [3.8, 4) is 0 Å². The molecule has 2 aromatic carbocycles. The number of hydrogen-bond donors (Lipinski definition) is 1. The lowest BCUT2D eigenvalue weighted by atomic mass is 10.1. The maximum atomic E-state index is 13.1. The number of benzene rings is 2. The van der Waals surface area contributed by atoms with Crippen molar-refractivity contribution in [3.63, 3.8) is 0 Å². The Labute approximate surface area is 136 Å². The van der Waals surface area contributed by atoms with Crippen LogP contribution in [0.3, 0.4) is 0 Å². The van der Waals surface area contributed by atoms with Gasteiger partial charge in [-0.3, -0.25) is 9.59 Å². The molecule has 6 heteroatoms. The van der Waals surface area contributed by atoms with Crippen molar-refractivity contribution in [1.29, 1.82) is 0 Å². The molecule has 1 N–H and O–H groups in total. The van der Waals surface area contributed by atoms with Gasteiger partial charge in [-0.05, 0) is 37.3 Å². The van der Waals surface area contributed by atoms with Gasteiger partial charge >= 0.3 is 0 Å². The van der Waals surface area contributed by atoms with Crippen molar-refractivity contribution in [1.82, 2.24) is 0 Å². The largest absolute Gasteiger partial charge is 0.325 e. The van der Waals surface area contributed by atoms with Gasteiger partial charge in [-0.1, -0.05) is 23.7 Å². The van der Waals surface area contributed by atoms with Crippen LogP contribution in [0.25, 0.3) is 0 Å². The van der Waals surface area contributed by atoms with E-state index in [1.165, 1.54) is 30.8 Å². The minimum Gasteiger partial charge on any atom is -0.325 e. The third-order valence-electron chi connectivity index (χ3n) is 2.84. The summed E-state index contributed by atoms with van der Waals surface area (Å²) < 4.78 is 13.1. The number of carbonyl (C=O) groups excluding carboxylic acids is 2. The van der Waals surface area contributed by atoms with Crippen LogP contribution >= 0.6 is 23.4 Å². The lowest BCUT2D eigenvalue weighted by Gasteiger charge is -2.09. The molecule has 0 bridgehead atoms. The number of Topliss-reactive ketones (excluding diaryl/α,β-unsaturated/α-hetero) is 1. The molecule has 0 aliphatic heterocycles. The number of halogens is 2. The van der Waals surface area contributed by atoms with E-state index in [2.05, 4.69) is 5.32 Å². The standard InChI is InChI=1S/C16H13ClFNO2S/c1-10(20)12-4-2-3-5-15(12)19-16(21)9-22-11-6-7-14(18)13(17)8-11/h2-8H,9H2,1H3,(H,19,21). The van der Waals surface area contributed by atoms with Crippen LogP contribution in [0.1, 0.15) is 17.3 Å². The fourth-order valence-electron chi connectivity index (χ4n) is 1.80. The maximum absolute atomic E-state index is 13.1. The van der Waals surface area contributed by atoms with Gasteiger partial charge in [0.05, 0.1) is 16.5 Å². The molecule has 0 fully saturated rings. The van der Waals surface area contributed by atoms with Gasteiger partial charge in [-0.15, -0.1) is 11.8 Å². The smallest absolute Gasteiger partial charge is 0.234 e. The minimum absolute atomic E-state index is 0.0207. The van der Waals surface area contributed by atoms with Gasteiger partial charge in [0.1, 0.15) is 5.82 Å². The van der Waals surface area contributed by atoms with Gasteiger partial charge in [0, 0.05) is 10.5 Å². The zero-order valence-electron chi connectivity index (χ0n) is 11.7. The zero-order valence-corrected chi connectivity index (χ0v) is 13.3. The van der Waals surface area contributed by atoms with Crippen LogP contribution in [-0.4, -0.2) is 17.4 Å². The van der Waals surface area contributed by atoms with E-state index in [0.29, 0.717) is 16.1 Å². The fraction of sp³-hybridized carbons (Fsp3) is 0.125. The van der Waals surface area contributed by atoms with Crippen molar-refractivity contribution in [2.75, 3.05) is 11.1 Å². The Morgan fingerprint density at radius 2 is 1.95 bits per heavy atom. The molecule has 0 saturated carbocycles. The second kappa shape index (κ2) is 7.42. The number of thioether (sulfide) groups is 1. The van der Waals surface area contributed by atoms with E-state index < -0.39 is 5.82 Å². The summed E-state index contributed by atoms with van der Waals surface area (Å²) in [6, 6.07) is 11.1. The van der Waals surface area contributed by atoms with Crippen LogP contribution < -0.4 is 5.32 Å². The number of nitrogens with one attached hydrogen (secondary N) is 1. The second-order valence-corrected chi connectivity index (χ2v) is 5.97. The highest BCUT2D eigenvalue weighted by molar-refractivity contribution is 8.00. The van der Waals surface area contributed by atoms with Gasteiger partial charge in [0.2, 0.25) is 5.91 Å². The predicted molar refractivity (Wildman–Crippen MR) is 87.2 cm³/mol. The van der Waals surface area contributed by atoms with E-state index in [-0.39, 0.29) is 22.5 Å².